The molecule has 150 valence electrons. The highest BCUT2D eigenvalue weighted by molar-refractivity contribution is 5.93. The second-order valence-electron chi connectivity index (χ2n) is 6.39. The third kappa shape index (κ3) is 4.03. The predicted octanol–water partition coefficient (Wildman–Crippen LogP) is 4.45. The van der Waals surface area contributed by atoms with Gasteiger partial charge in [-0.15, -0.1) is 0 Å². The minimum atomic E-state index is -0.640. The number of esters is 1. The number of hydrogen-bond donors (Lipinski definition) is 0. The van der Waals surface area contributed by atoms with Crippen LogP contribution in [0.4, 0.5) is 0 Å². The maximum atomic E-state index is 12.7. The molecule has 0 fully saturated rings. The van der Waals surface area contributed by atoms with Crippen LogP contribution in [-0.4, -0.2) is 19.7 Å². The summed E-state index contributed by atoms with van der Waals surface area (Å²) in [6.07, 6.45) is 0. The molecule has 0 aliphatic heterocycles. The molecule has 0 radical (unpaired) electrons. The number of para-hydroxylation sites is 1. The fraction of sp³-hybridized carbons (Fsp3) is 0.0833. The largest absolute Gasteiger partial charge is 0.497 e. The van der Waals surface area contributed by atoms with E-state index in [4.69, 9.17) is 18.6 Å². The zero-order valence-corrected chi connectivity index (χ0v) is 16.2. The van der Waals surface area contributed by atoms with E-state index in [1.54, 1.807) is 79.9 Å². The normalized spacial score (nSPS) is 10.6. The van der Waals surface area contributed by atoms with Crippen LogP contribution in [0.1, 0.15) is 0 Å². The van der Waals surface area contributed by atoms with Crippen molar-refractivity contribution in [1.29, 1.82) is 0 Å². The Labute approximate surface area is 172 Å². The summed E-state index contributed by atoms with van der Waals surface area (Å²) in [5.41, 5.74) is 0.530. The molecule has 4 aromatic rings. The molecule has 0 unspecified atom stereocenters. The van der Waals surface area contributed by atoms with Gasteiger partial charge in [0.2, 0.25) is 0 Å². The van der Waals surface area contributed by atoms with Crippen molar-refractivity contribution in [3.05, 3.63) is 89.3 Å². The maximum absolute atomic E-state index is 12.7. The van der Waals surface area contributed by atoms with Crippen molar-refractivity contribution >= 4 is 16.9 Å². The summed E-state index contributed by atoms with van der Waals surface area (Å²) in [6, 6.07) is 22.7. The van der Waals surface area contributed by atoms with E-state index >= 15 is 0 Å². The molecule has 0 amide bonds. The Balaban J connectivity index is 1.65. The van der Waals surface area contributed by atoms with Crippen LogP contribution in [0, 0.1) is 0 Å². The number of hydrogen-bond acceptors (Lipinski definition) is 6. The summed E-state index contributed by atoms with van der Waals surface area (Å²) in [5.74, 6) is 0.684. The van der Waals surface area contributed by atoms with Crippen LogP contribution in [0.2, 0.25) is 0 Å². The first-order valence-corrected chi connectivity index (χ1v) is 9.24. The van der Waals surface area contributed by atoms with Gasteiger partial charge in [0.1, 0.15) is 22.6 Å². The predicted molar refractivity (Wildman–Crippen MR) is 112 cm³/mol. The third-order valence-electron chi connectivity index (χ3n) is 4.46. The first-order chi connectivity index (χ1) is 14.7. The van der Waals surface area contributed by atoms with Gasteiger partial charge in [-0.25, -0.2) is 9.59 Å². The second-order valence-corrected chi connectivity index (χ2v) is 6.39. The summed E-state index contributed by atoms with van der Waals surface area (Å²) < 4.78 is 21.6. The van der Waals surface area contributed by atoms with Gasteiger partial charge in [-0.05, 0) is 42.0 Å². The number of benzene rings is 3. The highest BCUT2D eigenvalue weighted by Gasteiger charge is 2.20. The Kier molecular flexibility index (Phi) is 5.48. The molecule has 0 aliphatic rings. The first kappa shape index (κ1) is 19.3. The third-order valence-corrected chi connectivity index (χ3v) is 4.46. The number of carbonyl (C=O) groups is 1. The topological polar surface area (TPSA) is 75.0 Å². The second kappa shape index (κ2) is 8.53. The van der Waals surface area contributed by atoms with E-state index in [1.807, 2.05) is 6.07 Å². The van der Waals surface area contributed by atoms with Crippen molar-refractivity contribution < 1.29 is 23.4 Å². The molecular weight excluding hydrogens is 384 g/mol. The average molecular weight is 402 g/mol. The van der Waals surface area contributed by atoms with Gasteiger partial charge in [-0.3, -0.25) is 0 Å². The zero-order valence-electron chi connectivity index (χ0n) is 16.2. The van der Waals surface area contributed by atoms with Gasteiger partial charge in [0, 0.05) is 0 Å². The summed E-state index contributed by atoms with van der Waals surface area (Å²) in [4.78, 5) is 25.2. The summed E-state index contributed by atoms with van der Waals surface area (Å²) in [5, 5.41) is 0.522. The molecule has 4 rings (SSSR count). The van der Waals surface area contributed by atoms with Crippen LogP contribution in [0.25, 0.3) is 22.1 Å². The summed E-state index contributed by atoms with van der Waals surface area (Å²) >= 11 is 0. The van der Waals surface area contributed by atoms with Crippen molar-refractivity contribution in [1.82, 2.24) is 0 Å². The Bertz CT molecular complexity index is 1230. The number of carbonyl (C=O) groups excluding carboxylic acids is 1. The first-order valence-electron chi connectivity index (χ1n) is 9.24. The van der Waals surface area contributed by atoms with Gasteiger partial charge < -0.3 is 18.6 Å². The number of ether oxygens (including phenoxy) is 3. The van der Waals surface area contributed by atoms with Gasteiger partial charge in [0.25, 0.3) is 0 Å². The molecule has 6 nitrogen and oxygen atoms in total. The molecule has 0 bridgehead atoms. The van der Waals surface area contributed by atoms with Gasteiger partial charge in [0.15, 0.2) is 12.4 Å². The Hall–Kier alpha value is -4.06. The number of fused-ring (bicyclic) bond motifs is 1. The smallest absolute Gasteiger partial charge is 0.349 e. The molecule has 0 atom stereocenters. The molecule has 0 saturated heterocycles. The lowest BCUT2D eigenvalue weighted by Crippen LogP contribution is -2.19. The Morgan fingerprint density at radius 3 is 2.27 bits per heavy atom. The van der Waals surface area contributed by atoms with E-state index in [1.165, 1.54) is 0 Å². The molecule has 1 heterocycles. The Morgan fingerprint density at radius 1 is 0.867 bits per heavy atom. The molecule has 1 aromatic heterocycles. The van der Waals surface area contributed by atoms with Crippen LogP contribution in [0.3, 0.4) is 0 Å². The quantitative estimate of drug-likeness (QED) is 0.350. The summed E-state index contributed by atoms with van der Waals surface area (Å²) in [7, 11) is 1.57. The van der Waals surface area contributed by atoms with Crippen LogP contribution >= 0.6 is 0 Å². The fourth-order valence-corrected chi connectivity index (χ4v) is 3.04. The average Bonchev–Trinajstić information content (AvgIpc) is 2.78. The van der Waals surface area contributed by atoms with E-state index in [-0.39, 0.29) is 17.9 Å². The van der Waals surface area contributed by atoms with Crippen LogP contribution < -0.4 is 19.8 Å². The van der Waals surface area contributed by atoms with Gasteiger partial charge >= 0.3 is 11.6 Å². The highest BCUT2D eigenvalue weighted by Crippen LogP contribution is 2.34. The maximum Gasteiger partial charge on any atom is 0.349 e. The van der Waals surface area contributed by atoms with Crippen molar-refractivity contribution in [2.75, 3.05) is 13.7 Å². The monoisotopic (exact) mass is 402 g/mol. The molecule has 0 aliphatic carbocycles. The van der Waals surface area contributed by atoms with Crippen LogP contribution in [0.15, 0.2) is 88.1 Å². The van der Waals surface area contributed by atoms with E-state index in [9.17, 15) is 9.59 Å². The number of methoxy groups -OCH3 is 1. The number of rotatable bonds is 6. The minimum absolute atomic E-state index is 0.149. The van der Waals surface area contributed by atoms with Gasteiger partial charge in [0.05, 0.1) is 12.5 Å². The molecule has 6 heteroatoms. The molecular formula is C24H18O6. The lowest BCUT2D eigenvalue weighted by molar-refractivity contribution is -0.136. The standard InChI is InChI=1S/C24H18O6/c1-27-17-11-13-18(14-12-17)28-15-21(25)30-23-19-9-5-6-10-20(19)29-24(26)22(23)16-7-3-2-4-8-16/h2-14H,15H2,1H3. The Morgan fingerprint density at radius 2 is 1.53 bits per heavy atom. The molecule has 30 heavy (non-hydrogen) atoms. The SMILES string of the molecule is COc1ccc(OCC(=O)Oc2c(-c3ccccc3)c(=O)oc3ccccc23)cc1. The van der Waals surface area contributed by atoms with Crippen LogP contribution in [-0.2, 0) is 4.79 Å². The molecule has 0 spiro atoms. The van der Waals surface area contributed by atoms with Gasteiger partial charge in [-0.1, -0.05) is 42.5 Å². The van der Waals surface area contributed by atoms with E-state index in [2.05, 4.69) is 0 Å². The lowest BCUT2D eigenvalue weighted by Gasteiger charge is -2.12. The van der Waals surface area contributed by atoms with E-state index in [0.717, 1.165) is 0 Å². The minimum Gasteiger partial charge on any atom is -0.497 e. The highest BCUT2D eigenvalue weighted by atomic mass is 16.6. The fourth-order valence-electron chi connectivity index (χ4n) is 3.04. The lowest BCUT2D eigenvalue weighted by atomic mass is 10.0. The van der Waals surface area contributed by atoms with Crippen molar-refractivity contribution in [3.8, 4) is 28.4 Å². The molecule has 3 aromatic carbocycles. The van der Waals surface area contributed by atoms with Gasteiger partial charge in [-0.2, -0.15) is 0 Å². The van der Waals surface area contributed by atoms with Crippen molar-refractivity contribution in [2.24, 2.45) is 0 Å². The summed E-state index contributed by atoms with van der Waals surface area (Å²) in [6.45, 7) is -0.324. The molecule has 0 N–H and O–H groups in total. The van der Waals surface area contributed by atoms with Crippen LogP contribution in [0.5, 0.6) is 17.2 Å². The zero-order chi connectivity index (χ0) is 20.9. The van der Waals surface area contributed by atoms with Crippen molar-refractivity contribution in [3.63, 3.8) is 0 Å². The van der Waals surface area contributed by atoms with Crippen molar-refractivity contribution in [2.45, 2.75) is 0 Å². The van der Waals surface area contributed by atoms with E-state index < -0.39 is 11.6 Å². The molecule has 0 saturated carbocycles. The van der Waals surface area contributed by atoms with E-state index in [0.29, 0.717) is 28.0 Å².